The monoisotopic (exact) mass is 312 g/mol. The first-order valence-electron chi connectivity index (χ1n) is 7.30. The molecule has 1 rings (SSSR count). The van der Waals surface area contributed by atoms with E-state index in [0.717, 1.165) is 32.4 Å². The topological polar surface area (TPSA) is 80.1 Å². The fourth-order valence-electron chi connectivity index (χ4n) is 1.82. The van der Waals surface area contributed by atoms with Crippen LogP contribution in [-0.4, -0.2) is 35.0 Å². The predicted octanol–water partition coefficient (Wildman–Crippen LogP) is 3.76. The lowest BCUT2D eigenvalue weighted by Gasteiger charge is -2.09. The molecule has 118 valence electrons. The predicted molar refractivity (Wildman–Crippen MR) is 90.4 cm³/mol. The number of aromatic nitrogens is 1. The molecule has 0 saturated carbocycles. The van der Waals surface area contributed by atoms with Gasteiger partial charge >= 0.3 is 0 Å². The Hall–Kier alpha value is -1.50. The molecule has 0 atom stereocenters. The summed E-state index contributed by atoms with van der Waals surface area (Å²) in [5.74, 6) is 2.30. The van der Waals surface area contributed by atoms with Gasteiger partial charge in [0, 0.05) is 13.1 Å². The number of hydrogen-bond donors (Lipinski definition) is 2. The molecule has 1 heterocycles. The fourth-order valence-corrected chi connectivity index (χ4v) is 2.31. The Labute approximate surface area is 130 Å². The number of rotatable bonds is 11. The molecule has 0 unspecified atom stereocenters. The van der Waals surface area contributed by atoms with Gasteiger partial charge in [0.05, 0.1) is 17.1 Å². The van der Waals surface area contributed by atoms with Crippen LogP contribution in [0.1, 0.15) is 32.6 Å². The van der Waals surface area contributed by atoms with Crippen LogP contribution in [0, 0.1) is 10.1 Å². The van der Waals surface area contributed by atoms with Crippen molar-refractivity contribution in [3.8, 4) is 0 Å². The van der Waals surface area contributed by atoms with Crippen molar-refractivity contribution in [3.63, 3.8) is 0 Å². The first kappa shape index (κ1) is 17.6. The van der Waals surface area contributed by atoms with E-state index in [0.29, 0.717) is 11.6 Å². The zero-order valence-electron chi connectivity index (χ0n) is 12.7. The second kappa shape index (κ2) is 10.3. The standard InChI is InChI=1S/C14H24N4O2S/c1-3-7-15-13-10-12(18(19)20)11-14(17-13)16-8-5-4-6-9-21-2/h10-11H,3-9H2,1-2H3,(H2,15,16,17). The zero-order chi connectivity index (χ0) is 15.5. The lowest BCUT2D eigenvalue weighted by Crippen LogP contribution is -2.08. The number of thioether (sulfide) groups is 1. The summed E-state index contributed by atoms with van der Waals surface area (Å²) in [6.07, 6.45) is 6.46. The Balaban J connectivity index is 2.54. The average molecular weight is 312 g/mol. The van der Waals surface area contributed by atoms with Crippen LogP contribution in [-0.2, 0) is 0 Å². The van der Waals surface area contributed by atoms with Gasteiger partial charge in [-0.3, -0.25) is 10.1 Å². The maximum absolute atomic E-state index is 10.9. The van der Waals surface area contributed by atoms with Crippen molar-refractivity contribution in [1.29, 1.82) is 0 Å². The van der Waals surface area contributed by atoms with E-state index >= 15 is 0 Å². The number of pyridine rings is 1. The molecule has 0 aliphatic rings. The summed E-state index contributed by atoms with van der Waals surface area (Å²) in [6.45, 7) is 3.58. The molecular weight excluding hydrogens is 288 g/mol. The van der Waals surface area contributed by atoms with Crippen molar-refractivity contribution < 1.29 is 4.92 Å². The number of hydrogen-bond acceptors (Lipinski definition) is 6. The molecule has 0 aromatic carbocycles. The quantitative estimate of drug-likeness (QED) is 0.368. The van der Waals surface area contributed by atoms with E-state index in [9.17, 15) is 10.1 Å². The normalized spacial score (nSPS) is 10.4. The van der Waals surface area contributed by atoms with Gasteiger partial charge < -0.3 is 10.6 Å². The summed E-state index contributed by atoms with van der Waals surface area (Å²) in [6, 6.07) is 2.96. The van der Waals surface area contributed by atoms with Gasteiger partial charge in [0.2, 0.25) is 0 Å². The Morgan fingerprint density at radius 3 is 2.43 bits per heavy atom. The van der Waals surface area contributed by atoms with Gasteiger partial charge in [-0.05, 0) is 31.3 Å². The Morgan fingerprint density at radius 1 is 1.19 bits per heavy atom. The van der Waals surface area contributed by atoms with Crippen LogP contribution in [0.15, 0.2) is 12.1 Å². The fraction of sp³-hybridized carbons (Fsp3) is 0.643. The largest absolute Gasteiger partial charge is 0.370 e. The molecule has 0 amide bonds. The summed E-state index contributed by atoms with van der Waals surface area (Å²) in [5, 5.41) is 17.2. The van der Waals surface area contributed by atoms with Crippen LogP contribution in [0.2, 0.25) is 0 Å². The highest BCUT2D eigenvalue weighted by molar-refractivity contribution is 7.98. The third-order valence-electron chi connectivity index (χ3n) is 2.91. The van der Waals surface area contributed by atoms with Crippen LogP contribution in [0.4, 0.5) is 17.3 Å². The molecule has 6 nitrogen and oxygen atoms in total. The average Bonchev–Trinajstić information content (AvgIpc) is 2.48. The minimum absolute atomic E-state index is 0.0634. The Kier molecular flexibility index (Phi) is 8.57. The van der Waals surface area contributed by atoms with Gasteiger partial charge in [0.15, 0.2) is 0 Å². The Bertz CT molecular complexity index is 443. The zero-order valence-corrected chi connectivity index (χ0v) is 13.5. The minimum atomic E-state index is -0.386. The van der Waals surface area contributed by atoms with E-state index in [2.05, 4.69) is 21.9 Å². The molecular formula is C14H24N4O2S. The lowest BCUT2D eigenvalue weighted by molar-refractivity contribution is -0.384. The van der Waals surface area contributed by atoms with Crippen LogP contribution in [0.25, 0.3) is 0 Å². The summed E-state index contributed by atoms with van der Waals surface area (Å²) >= 11 is 1.85. The van der Waals surface area contributed by atoms with Crippen LogP contribution < -0.4 is 10.6 Å². The molecule has 0 spiro atoms. The summed E-state index contributed by atoms with van der Waals surface area (Å²) in [4.78, 5) is 14.9. The van der Waals surface area contributed by atoms with E-state index in [1.165, 1.54) is 24.3 Å². The number of unbranched alkanes of at least 4 members (excludes halogenated alkanes) is 2. The number of nitro groups is 1. The van der Waals surface area contributed by atoms with Gasteiger partial charge in [0.25, 0.3) is 5.69 Å². The second-order valence-corrected chi connectivity index (χ2v) is 5.75. The lowest BCUT2D eigenvalue weighted by atomic mass is 10.2. The highest BCUT2D eigenvalue weighted by Crippen LogP contribution is 2.20. The maximum atomic E-state index is 10.9. The van der Waals surface area contributed by atoms with Gasteiger partial charge in [-0.25, -0.2) is 4.98 Å². The molecule has 1 aromatic rings. The molecule has 0 radical (unpaired) electrons. The van der Waals surface area contributed by atoms with Gasteiger partial charge in [-0.1, -0.05) is 13.3 Å². The smallest absolute Gasteiger partial charge is 0.276 e. The van der Waals surface area contributed by atoms with Gasteiger partial charge in [0.1, 0.15) is 11.6 Å². The van der Waals surface area contributed by atoms with E-state index in [-0.39, 0.29) is 10.6 Å². The number of nitrogens with zero attached hydrogens (tertiary/aromatic N) is 2. The molecule has 0 fully saturated rings. The van der Waals surface area contributed by atoms with Crippen molar-refractivity contribution in [2.75, 3.05) is 35.7 Å². The molecule has 0 bridgehead atoms. The van der Waals surface area contributed by atoms with Gasteiger partial charge in [-0.2, -0.15) is 11.8 Å². The van der Waals surface area contributed by atoms with Crippen LogP contribution >= 0.6 is 11.8 Å². The highest BCUT2D eigenvalue weighted by atomic mass is 32.2. The van der Waals surface area contributed by atoms with E-state index in [1.807, 2.05) is 18.7 Å². The van der Waals surface area contributed by atoms with Crippen molar-refractivity contribution >= 4 is 29.1 Å². The van der Waals surface area contributed by atoms with E-state index < -0.39 is 0 Å². The SMILES string of the molecule is CCCNc1cc([N+](=O)[O-])cc(NCCCCCSC)n1. The maximum Gasteiger partial charge on any atom is 0.276 e. The van der Waals surface area contributed by atoms with Crippen LogP contribution in [0.3, 0.4) is 0 Å². The third kappa shape index (κ3) is 7.17. The minimum Gasteiger partial charge on any atom is -0.370 e. The molecule has 21 heavy (non-hydrogen) atoms. The molecule has 7 heteroatoms. The van der Waals surface area contributed by atoms with Crippen molar-refractivity contribution in [2.45, 2.75) is 32.6 Å². The van der Waals surface area contributed by atoms with Crippen molar-refractivity contribution in [3.05, 3.63) is 22.2 Å². The molecule has 0 aliphatic heterocycles. The van der Waals surface area contributed by atoms with E-state index in [4.69, 9.17) is 0 Å². The van der Waals surface area contributed by atoms with Gasteiger partial charge in [-0.15, -0.1) is 0 Å². The number of anilines is 2. The first-order chi connectivity index (χ1) is 10.2. The van der Waals surface area contributed by atoms with Crippen molar-refractivity contribution in [2.24, 2.45) is 0 Å². The molecule has 0 saturated heterocycles. The second-order valence-electron chi connectivity index (χ2n) is 4.76. The number of nitrogens with one attached hydrogen (secondary N) is 2. The summed E-state index contributed by atoms with van der Waals surface area (Å²) in [7, 11) is 0. The molecule has 0 aliphatic carbocycles. The Morgan fingerprint density at radius 2 is 1.86 bits per heavy atom. The summed E-state index contributed by atoms with van der Waals surface area (Å²) in [5.41, 5.74) is 0.0634. The summed E-state index contributed by atoms with van der Waals surface area (Å²) < 4.78 is 0. The molecule has 1 aromatic heterocycles. The van der Waals surface area contributed by atoms with E-state index in [1.54, 1.807) is 0 Å². The third-order valence-corrected chi connectivity index (χ3v) is 3.61. The highest BCUT2D eigenvalue weighted by Gasteiger charge is 2.10. The molecule has 2 N–H and O–H groups in total. The van der Waals surface area contributed by atoms with Crippen LogP contribution in [0.5, 0.6) is 0 Å². The van der Waals surface area contributed by atoms with Crippen molar-refractivity contribution in [1.82, 2.24) is 4.98 Å². The first-order valence-corrected chi connectivity index (χ1v) is 8.70.